The Morgan fingerprint density at radius 1 is 1.12 bits per heavy atom. The Bertz CT molecular complexity index is 1010. The van der Waals surface area contributed by atoms with Gasteiger partial charge in [-0.3, -0.25) is 4.18 Å². The minimum absolute atomic E-state index is 0.102. The average molecular weight is 370 g/mol. The number of hydrogen-bond donors (Lipinski definition) is 0. The highest BCUT2D eigenvalue weighted by molar-refractivity contribution is 7.86. The summed E-state index contributed by atoms with van der Waals surface area (Å²) in [6.07, 6.45) is -3.34. The van der Waals surface area contributed by atoms with Gasteiger partial charge in [0, 0.05) is 6.20 Å². The average Bonchev–Trinajstić information content (AvgIpc) is 2.94. The van der Waals surface area contributed by atoms with Gasteiger partial charge in [0.15, 0.2) is 5.69 Å². The number of halogens is 3. The van der Waals surface area contributed by atoms with Gasteiger partial charge < -0.3 is 4.40 Å². The van der Waals surface area contributed by atoms with E-state index in [1.54, 1.807) is 25.1 Å². The zero-order valence-electron chi connectivity index (χ0n) is 13.0. The molecule has 0 aliphatic rings. The third-order valence-corrected chi connectivity index (χ3v) is 4.87. The fourth-order valence-electron chi connectivity index (χ4n) is 2.41. The largest absolute Gasteiger partial charge is 0.435 e. The summed E-state index contributed by atoms with van der Waals surface area (Å²) in [5.74, 6) is 0. The second-order valence-electron chi connectivity index (χ2n) is 5.32. The van der Waals surface area contributed by atoms with Crippen molar-refractivity contribution in [2.24, 2.45) is 0 Å². The molecule has 3 aromatic rings. The molecule has 25 heavy (non-hydrogen) atoms. The molecule has 0 spiro atoms. The molecule has 0 unspecified atom stereocenters. The molecule has 0 aliphatic heterocycles. The van der Waals surface area contributed by atoms with Gasteiger partial charge in [0.25, 0.3) is 10.1 Å². The maximum absolute atomic E-state index is 13.3. The predicted octanol–water partition coefficient (Wildman–Crippen LogP) is 3.57. The van der Waals surface area contributed by atoms with Gasteiger partial charge in [-0.2, -0.15) is 21.6 Å². The van der Waals surface area contributed by atoms with Gasteiger partial charge in [-0.25, -0.2) is 4.98 Å². The molecule has 5 nitrogen and oxygen atoms in total. The number of imidazole rings is 1. The fourth-order valence-corrected chi connectivity index (χ4v) is 3.30. The molecular weight excluding hydrogens is 357 g/mol. The first-order valence-corrected chi connectivity index (χ1v) is 8.59. The minimum atomic E-state index is -4.73. The van der Waals surface area contributed by atoms with Crippen LogP contribution in [0.1, 0.15) is 17.0 Å². The maximum atomic E-state index is 13.3. The molecule has 0 amide bonds. The monoisotopic (exact) mass is 370 g/mol. The fraction of sp³-hybridized carbons (Fsp3) is 0.188. The summed E-state index contributed by atoms with van der Waals surface area (Å²) in [4.78, 5) is 3.49. The minimum Gasteiger partial charge on any atom is -0.301 e. The van der Waals surface area contributed by atoms with E-state index in [4.69, 9.17) is 4.18 Å². The standard InChI is InChI=1S/C16H13F3N2O3S/c1-11-6-5-9-21-13(14(16(17,18)19)20-15(11)21)10-24-25(22,23)12-7-3-2-4-8-12/h2-9H,10H2,1H3. The molecule has 0 N–H and O–H groups in total. The van der Waals surface area contributed by atoms with E-state index in [0.717, 1.165) is 0 Å². The van der Waals surface area contributed by atoms with Crippen LogP contribution in [0.15, 0.2) is 53.6 Å². The third kappa shape index (κ3) is 3.38. The molecule has 132 valence electrons. The van der Waals surface area contributed by atoms with Gasteiger partial charge >= 0.3 is 6.18 Å². The van der Waals surface area contributed by atoms with Gasteiger partial charge in [-0.15, -0.1) is 0 Å². The summed E-state index contributed by atoms with van der Waals surface area (Å²) in [7, 11) is -4.19. The molecule has 2 aromatic heterocycles. The number of rotatable bonds is 4. The Morgan fingerprint density at radius 3 is 2.44 bits per heavy atom. The number of pyridine rings is 1. The van der Waals surface area contributed by atoms with Gasteiger partial charge in [0.1, 0.15) is 12.3 Å². The summed E-state index contributed by atoms with van der Waals surface area (Å²) < 4.78 is 70.2. The highest BCUT2D eigenvalue weighted by Gasteiger charge is 2.38. The van der Waals surface area contributed by atoms with Crippen molar-refractivity contribution in [2.45, 2.75) is 24.6 Å². The third-order valence-electron chi connectivity index (χ3n) is 3.60. The molecular formula is C16H13F3N2O3S. The van der Waals surface area contributed by atoms with E-state index < -0.39 is 28.6 Å². The van der Waals surface area contributed by atoms with E-state index in [1.807, 2.05) is 0 Å². The number of alkyl halides is 3. The Kier molecular flexibility index (Phi) is 4.29. The Morgan fingerprint density at radius 2 is 1.80 bits per heavy atom. The van der Waals surface area contributed by atoms with Crippen LogP contribution < -0.4 is 0 Å². The zero-order valence-corrected chi connectivity index (χ0v) is 13.8. The van der Waals surface area contributed by atoms with E-state index >= 15 is 0 Å². The number of benzene rings is 1. The lowest BCUT2D eigenvalue weighted by Gasteiger charge is -2.09. The predicted molar refractivity (Wildman–Crippen MR) is 83.3 cm³/mol. The molecule has 0 radical (unpaired) electrons. The molecule has 0 saturated heterocycles. The normalized spacial score (nSPS) is 12.6. The Labute approximate surface area is 141 Å². The summed E-state index contributed by atoms with van der Waals surface area (Å²) in [5, 5.41) is 0. The van der Waals surface area contributed by atoms with Crippen LogP contribution >= 0.6 is 0 Å². The van der Waals surface area contributed by atoms with Crippen LogP contribution in [0, 0.1) is 6.92 Å². The van der Waals surface area contributed by atoms with Crippen molar-refractivity contribution in [2.75, 3.05) is 0 Å². The summed E-state index contributed by atoms with van der Waals surface area (Å²) in [5.41, 5.74) is -0.897. The molecule has 0 fully saturated rings. The number of hydrogen-bond acceptors (Lipinski definition) is 4. The van der Waals surface area contributed by atoms with E-state index in [0.29, 0.717) is 5.56 Å². The molecule has 3 rings (SSSR count). The van der Waals surface area contributed by atoms with Gasteiger partial charge in [0.05, 0.1) is 10.6 Å². The second kappa shape index (κ2) is 6.16. The molecule has 2 heterocycles. The van der Waals surface area contributed by atoms with E-state index in [2.05, 4.69) is 4.98 Å². The molecule has 0 bridgehead atoms. The van der Waals surface area contributed by atoms with Gasteiger partial charge in [-0.05, 0) is 30.7 Å². The number of nitrogens with zero attached hydrogens (tertiary/aromatic N) is 2. The molecule has 9 heteroatoms. The van der Waals surface area contributed by atoms with E-state index in [9.17, 15) is 21.6 Å². The van der Waals surface area contributed by atoms with Crippen molar-refractivity contribution in [3.05, 3.63) is 65.6 Å². The van der Waals surface area contributed by atoms with E-state index in [1.165, 1.54) is 34.9 Å². The van der Waals surface area contributed by atoms with Crippen LogP contribution in [0.25, 0.3) is 5.65 Å². The maximum Gasteiger partial charge on any atom is 0.435 e. The molecule has 1 aromatic carbocycles. The summed E-state index contributed by atoms with van der Waals surface area (Å²) in [6, 6.07) is 10.4. The van der Waals surface area contributed by atoms with Crippen LogP contribution in [0.3, 0.4) is 0 Å². The lowest BCUT2D eigenvalue weighted by atomic mass is 10.3. The highest BCUT2D eigenvalue weighted by Crippen LogP contribution is 2.33. The Balaban J connectivity index is 2.03. The summed E-state index contributed by atoms with van der Waals surface area (Å²) in [6.45, 7) is 0.838. The van der Waals surface area contributed by atoms with Crippen molar-refractivity contribution >= 4 is 15.8 Å². The zero-order chi connectivity index (χ0) is 18.2. The molecule has 0 aliphatic carbocycles. The highest BCUT2D eigenvalue weighted by atomic mass is 32.2. The van der Waals surface area contributed by atoms with Crippen LogP contribution in [0.4, 0.5) is 13.2 Å². The first-order chi connectivity index (χ1) is 11.7. The van der Waals surface area contributed by atoms with Crippen molar-refractivity contribution < 1.29 is 25.8 Å². The number of fused-ring (bicyclic) bond motifs is 1. The van der Waals surface area contributed by atoms with Crippen LogP contribution in [0.5, 0.6) is 0 Å². The summed E-state index contributed by atoms with van der Waals surface area (Å²) >= 11 is 0. The molecule has 0 atom stereocenters. The number of aromatic nitrogens is 2. The lowest BCUT2D eigenvalue weighted by molar-refractivity contribution is -0.141. The Hall–Kier alpha value is -2.39. The van der Waals surface area contributed by atoms with Crippen LogP contribution in [-0.2, 0) is 27.1 Å². The lowest BCUT2D eigenvalue weighted by Crippen LogP contribution is -2.13. The SMILES string of the molecule is Cc1cccn2c(COS(=O)(=O)c3ccccc3)c(C(F)(F)F)nc12. The van der Waals surface area contributed by atoms with Crippen molar-refractivity contribution in [1.29, 1.82) is 0 Å². The van der Waals surface area contributed by atoms with Crippen molar-refractivity contribution in [1.82, 2.24) is 9.38 Å². The van der Waals surface area contributed by atoms with Crippen LogP contribution in [-0.4, -0.2) is 17.8 Å². The number of aryl methyl sites for hydroxylation is 1. The van der Waals surface area contributed by atoms with Gasteiger partial charge in [-0.1, -0.05) is 24.3 Å². The topological polar surface area (TPSA) is 60.7 Å². The second-order valence-corrected chi connectivity index (χ2v) is 6.93. The quantitative estimate of drug-likeness (QED) is 0.659. The smallest absolute Gasteiger partial charge is 0.301 e. The van der Waals surface area contributed by atoms with Gasteiger partial charge in [0.2, 0.25) is 0 Å². The van der Waals surface area contributed by atoms with E-state index in [-0.39, 0.29) is 16.2 Å². The van der Waals surface area contributed by atoms with Crippen molar-refractivity contribution in [3.8, 4) is 0 Å². The first-order valence-electron chi connectivity index (χ1n) is 7.18. The first kappa shape index (κ1) is 17.4. The van der Waals surface area contributed by atoms with Crippen LogP contribution in [0.2, 0.25) is 0 Å². The van der Waals surface area contributed by atoms with Crippen molar-refractivity contribution in [3.63, 3.8) is 0 Å². The molecule has 0 saturated carbocycles.